The van der Waals surface area contributed by atoms with Crippen LogP contribution in [0.3, 0.4) is 0 Å². The van der Waals surface area contributed by atoms with E-state index in [1.807, 2.05) is 0 Å². The van der Waals surface area contributed by atoms with Crippen LogP contribution in [0.2, 0.25) is 0 Å². The maximum absolute atomic E-state index is 13.9. The van der Waals surface area contributed by atoms with E-state index in [4.69, 9.17) is 0 Å². The molecule has 1 aromatic carbocycles. The van der Waals surface area contributed by atoms with Gasteiger partial charge in [-0.05, 0) is 37.1 Å². The zero-order chi connectivity index (χ0) is 19.3. The van der Waals surface area contributed by atoms with E-state index in [2.05, 4.69) is 31.3 Å². The van der Waals surface area contributed by atoms with Crippen molar-refractivity contribution in [1.82, 2.24) is 14.6 Å². The molecule has 0 atom stereocenters. The Morgan fingerprint density at radius 3 is 2.63 bits per heavy atom. The Hall–Kier alpha value is -2.49. The number of amides is 1. The number of aromatic nitrogens is 3. The average molecular weight is 443 g/mol. The fraction of sp³-hybridized carbons (Fsp3) is 0.235. The van der Waals surface area contributed by atoms with Gasteiger partial charge in [-0.25, -0.2) is 13.9 Å². The van der Waals surface area contributed by atoms with Crippen molar-refractivity contribution >= 4 is 33.2 Å². The molecular formula is C17H11BrF4N4O. The molecule has 1 amide bonds. The summed E-state index contributed by atoms with van der Waals surface area (Å²) in [5.74, 6) is -1.53. The number of nitrogens with zero attached hydrogens (tertiary/aromatic N) is 3. The molecule has 0 radical (unpaired) electrons. The highest BCUT2D eigenvalue weighted by atomic mass is 79.9. The molecule has 0 spiro atoms. The van der Waals surface area contributed by atoms with Crippen molar-refractivity contribution < 1.29 is 22.4 Å². The average Bonchev–Trinajstić information content (AvgIpc) is 3.35. The van der Waals surface area contributed by atoms with Gasteiger partial charge in [0.25, 0.3) is 5.91 Å². The highest BCUT2D eigenvalue weighted by Crippen LogP contribution is 2.41. The molecular weight excluding hydrogens is 432 g/mol. The van der Waals surface area contributed by atoms with Crippen molar-refractivity contribution in [2.45, 2.75) is 24.9 Å². The van der Waals surface area contributed by atoms with E-state index in [1.165, 1.54) is 12.1 Å². The summed E-state index contributed by atoms with van der Waals surface area (Å²) in [6.07, 6.45) is -2.15. The van der Waals surface area contributed by atoms with Gasteiger partial charge in [-0.1, -0.05) is 15.9 Å². The minimum Gasteiger partial charge on any atom is -0.319 e. The molecule has 4 rings (SSSR count). The summed E-state index contributed by atoms with van der Waals surface area (Å²) in [4.78, 5) is 16.7. The van der Waals surface area contributed by atoms with Crippen molar-refractivity contribution in [3.8, 4) is 0 Å². The first kappa shape index (κ1) is 17.9. The van der Waals surface area contributed by atoms with E-state index in [9.17, 15) is 22.4 Å². The molecule has 1 fully saturated rings. The molecule has 0 saturated heterocycles. The predicted molar refractivity (Wildman–Crippen MR) is 92.0 cm³/mol. The summed E-state index contributed by atoms with van der Waals surface area (Å²) in [5.41, 5.74) is -1.19. The van der Waals surface area contributed by atoms with Crippen LogP contribution in [-0.4, -0.2) is 20.5 Å². The van der Waals surface area contributed by atoms with Crippen molar-refractivity contribution in [2.75, 3.05) is 5.32 Å². The molecule has 1 saturated carbocycles. The number of hydrogen-bond donors (Lipinski definition) is 1. The molecule has 5 nitrogen and oxygen atoms in total. The van der Waals surface area contributed by atoms with Crippen LogP contribution in [0.25, 0.3) is 5.65 Å². The summed E-state index contributed by atoms with van der Waals surface area (Å²) < 4.78 is 55.2. The van der Waals surface area contributed by atoms with Crippen LogP contribution in [0.4, 0.5) is 23.2 Å². The smallest absolute Gasteiger partial charge is 0.319 e. The van der Waals surface area contributed by atoms with Crippen molar-refractivity contribution in [1.29, 1.82) is 0 Å². The molecule has 2 heterocycles. The van der Waals surface area contributed by atoms with Gasteiger partial charge in [0, 0.05) is 16.1 Å². The van der Waals surface area contributed by atoms with Crippen LogP contribution in [-0.2, 0) is 6.18 Å². The van der Waals surface area contributed by atoms with Gasteiger partial charge < -0.3 is 5.32 Å². The summed E-state index contributed by atoms with van der Waals surface area (Å²) in [5, 5.41) is 6.02. The van der Waals surface area contributed by atoms with Crippen molar-refractivity contribution in [2.24, 2.45) is 0 Å². The molecule has 1 aliphatic rings. The van der Waals surface area contributed by atoms with Crippen LogP contribution in [0.15, 0.2) is 34.9 Å². The fourth-order valence-electron chi connectivity index (χ4n) is 2.71. The largest absolute Gasteiger partial charge is 0.433 e. The van der Waals surface area contributed by atoms with Gasteiger partial charge in [0.15, 0.2) is 5.65 Å². The van der Waals surface area contributed by atoms with Crippen LogP contribution in [0.1, 0.15) is 40.5 Å². The number of fused-ring (bicyclic) bond motifs is 1. The fourth-order valence-corrected chi connectivity index (χ4v) is 3.05. The van der Waals surface area contributed by atoms with Gasteiger partial charge in [-0.2, -0.15) is 18.3 Å². The summed E-state index contributed by atoms with van der Waals surface area (Å²) in [6.45, 7) is 0. The summed E-state index contributed by atoms with van der Waals surface area (Å²) >= 11 is 3.11. The van der Waals surface area contributed by atoms with Crippen molar-refractivity contribution in [3.05, 3.63) is 57.7 Å². The SMILES string of the molecule is O=C(Nc1ccc(Br)cc1F)c1cnn2c(C(F)(F)F)cc(C3CC3)nc12. The van der Waals surface area contributed by atoms with Crippen LogP contribution < -0.4 is 5.32 Å². The first-order valence-electron chi connectivity index (χ1n) is 7.96. The number of carbonyl (C=O) groups excluding carboxylic acids is 1. The highest BCUT2D eigenvalue weighted by molar-refractivity contribution is 9.10. The normalized spacial score (nSPS) is 14.6. The van der Waals surface area contributed by atoms with Gasteiger partial charge in [0.1, 0.15) is 17.1 Å². The Kier molecular flexibility index (Phi) is 4.17. The molecule has 3 aromatic rings. The van der Waals surface area contributed by atoms with Crippen molar-refractivity contribution in [3.63, 3.8) is 0 Å². The lowest BCUT2D eigenvalue weighted by Crippen LogP contribution is -2.16. The van der Waals surface area contributed by atoms with E-state index in [1.54, 1.807) is 0 Å². The first-order chi connectivity index (χ1) is 12.7. The Balaban J connectivity index is 1.77. The minimum atomic E-state index is -4.65. The van der Waals surface area contributed by atoms with Crippen LogP contribution in [0, 0.1) is 5.82 Å². The molecule has 27 heavy (non-hydrogen) atoms. The van der Waals surface area contributed by atoms with Gasteiger partial charge in [-0.15, -0.1) is 0 Å². The third kappa shape index (κ3) is 3.41. The Labute approximate surface area is 158 Å². The molecule has 0 aliphatic heterocycles. The van der Waals surface area contributed by atoms with Crippen LogP contribution in [0.5, 0.6) is 0 Å². The van der Waals surface area contributed by atoms with Gasteiger partial charge in [-0.3, -0.25) is 4.79 Å². The minimum absolute atomic E-state index is 0.0502. The maximum atomic E-state index is 13.9. The quantitative estimate of drug-likeness (QED) is 0.593. The van der Waals surface area contributed by atoms with E-state index in [0.29, 0.717) is 8.99 Å². The second-order valence-corrected chi connectivity index (χ2v) is 7.13. The van der Waals surface area contributed by atoms with E-state index < -0.39 is 23.6 Å². The number of hydrogen-bond acceptors (Lipinski definition) is 3. The molecule has 1 N–H and O–H groups in total. The molecule has 2 aromatic heterocycles. The summed E-state index contributed by atoms with van der Waals surface area (Å²) in [6, 6.07) is 5.00. The second kappa shape index (κ2) is 6.29. The maximum Gasteiger partial charge on any atom is 0.433 e. The van der Waals surface area contributed by atoms with E-state index in [-0.39, 0.29) is 28.5 Å². The lowest BCUT2D eigenvalue weighted by molar-refractivity contribution is -0.142. The number of nitrogens with one attached hydrogen (secondary N) is 1. The van der Waals surface area contributed by atoms with Gasteiger partial charge >= 0.3 is 6.18 Å². The molecule has 0 bridgehead atoms. The lowest BCUT2D eigenvalue weighted by atomic mass is 10.2. The standard InChI is InChI=1S/C17H11BrF4N4O/c18-9-3-4-12(11(19)5-9)25-16(27)10-7-23-26-14(17(20,21)22)6-13(8-1-2-8)24-15(10)26/h3-8H,1-2H2,(H,25,27). The number of halogens is 5. The van der Waals surface area contributed by atoms with E-state index in [0.717, 1.165) is 31.2 Å². The monoisotopic (exact) mass is 442 g/mol. The second-order valence-electron chi connectivity index (χ2n) is 6.21. The molecule has 10 heteroatoms. The third-order valence-corrected chi connectivity index (χ3v) is 4.69. The Bertz CT molecular complexity index is 1060. The first-order valence-corrected chi connectivity index (χ1v) is 8.75. The zero-order valence-corrected chi connectivity index (χ0v) is 15.1. The zero-order valence-electron chi connectivity index (χ0n) is 13.5. The highest BCUT2D eigenvalue weighted by Gasteiger charge is 2.38. The number of benzene rings is 1. The summed E-state index contributed by atoms with van der Waals surface area (Å²) in [7, 11) is 0. The van der Waals surface area contributed by atoms with Gasteiger partial charge in [0.2, 0.25) is 0 Å². The lowest BCUT2D eigenvalue weighted by Gasteiger charge is -2.11. The number of anilines is 1. The predicted octanol–water partition coefficient (Wildman–Crippen LogP) is 4.78. The Morgan fingerprint density at radius 1 is 1.26 bits per heavy atom. The number of rotatable bonds is 3. The van der Waals surface area contributed by atoms with Crippen LogP contribution >= 0.6 is 15.9 Å². The molecule has 1 aliphatic carbocycles. The number of alkyl halides is 3. The van der Waals surface area contributed by atoms with E-state index >= 15 is 0 Å². The Morgan fingerprint density at radius 2 is 2.00 bits per heavy atom. The third-order valence-electron chi connectivity index (χ3n) is 4.20. The molecule has 0 unspecified atom stereocenters. The topological polar surface area (TPSA) is 59.3 Å². The van der Waals surface area contributed by atoms with Gasteiger partial charge in [0.05, 0.1) is 11.9 Å². The molecule has 140 valence electrons. The number of carbonyl (C=O) groups is 1.